The van der Waals surface area contributed by atoms with Crippen molar-refractivity contribution in [3.8, 4) is 0 Å². The van der Waals surface area contributed by atoms with Gasteiger partial charge in [-0.1, -0.05) is 19.1 Å². The summed E-state index contributed by atoms with van der Waals surface area (Å²) in [6.07, 6.45) is 4.18. The van der Waals surface area contributed by atoms with Crippen molar-refractivity contribution in [3.63, 3.8) is 0 Å². The monoisotopic (exact) mass is 452 g/mol. The first-order chi connectivity index (χ1) is 15.9. The molecule has 3 heterocycles. The van der Waals surface area contributed by atoms with Gasteiger partial charge in [0, 0.05) is 63.1 Å². The molecule has 0 saturated carbocycles. The maximum absolute atomic E-state index is 12.8. The van der Waals surface area contributed by atoms with Crippen LogP contribution < -0.4 is 4.90 Å². The number of β-amino-alcohol motifs (C(OH)–C–C–N with tert-alkyl or cyclic N) is 1. The topological polar surface area (TPSA) is 77.0 Å². The second kappa shape index (κ2) is 10.5. The molecule has 2 fully saturated rings. The van der Waals surface area contributed by atoms with Crippen molar-refractivity contribution >= 4 is 28.5 Å². The third kappa shape index (κ3) is 5.64. The molecule has 1 N–H and O–H groups in total. The number of aryl methyl sites for hydroxylation is 1. The van der Waals surface area contributed by atoms with Crippen LogP contribution in [0.15, 0.2) is 24.3 Å². The van der Waals surface area contributed by atoms with Crippen LogP contribution >= 0.6 is 0 Å². The molecule has 178 valence electrons. The molecule has 0 bridgehead atoms. The minimum Gasteiger partial charge on any atom is -0.391 e. The molecule has 2 amide bonds. The number of amides is 2. The Balaban J connectivity index is 1.58. The Kier molecular flexibility index (Phi) is 7.48. The van der Waals surface area contributed by atoms with E-state index in [4.69, 9.17) is 4.98 Å². The van der Waals surface area contributed by atoms with Crippen molar-refractivity contribution in [1.82, 2.24) is 14.8 Å². The number of pyridine rings is 1. The molecule has 2 aliphatic heterocycles. The van der Waals surface area contributed by atoms with Crippen molar-refractivity contribution < 1.29 is 14.7 Å². The summed E-state index contributed by atoms with van der Waals surface area (Å²) in [4.78, 5) is 35.8. The number of hydrogen-bond donors (Lipinski definition) is 1. The number of aliphatic hydroxyl groups is 1. The number of aromatic nitrogens is 1. The van der Waals surface area contributed by atoms with E-state index >= 15 is 0 Å². The molecule has 0 radical (unpaired) electrons. The van der Waals surface area contributed by atoms with E-state index in [1.165, 1.54) is 0 Å². The number of aliphatic hydroxyl groups excluding tert-OH is 1. The Morgan fingerprint density at radius 3 is 2.82 bits per heavy atom. The van der Waals surface area contributed by atoms with Crippen LogP contribution in [0.5, 0.6) is 0 Å². The van der Waals surface area contributed by atoms with E-state index in [0.717, 1.165) is 66.6 Å². The molecule has 0 spiro atoms. The highest BCUT2D eigenvalue weighted by atomic mass is 16.3. The summed E-state index contributed by atoms with van der Waals surface area (Å²) < 4.78 is 0. The highest BCUT2D eigenvalue weighted by Crippen LogP contribution is 2.28. The van der Waals surface area contributed by atoms with Crippen LogP contribution in [-0.2, 0) is 16.1 Å². The van der Waals surface area contributed by atoms with Crippen LogP contribution in [0.2, 0.25) is 0 Å². The zero-order chi connectivity index (χ0) is 23.4. The maximum Gasteiger partial charge on any atom is 0.222 e. The number of benzene rings is 1. The van der Waals surface area contributed by atoms with E-state index in [1.54, 1.807) is 0 Å². The van der Waals surface area contributed by atoms with Gasteiger partial charge in [0.1, 0.15) is 5.82 Å². The Morgan fingerprint density at radius 2 is 2.09 bits per heavy atom. The number of carbonyl (C=O) groups is 2. The summed E-state index contributed by atoms with van der Waals surface area (Å²) in [5.74, 6) is 1.20. The summed E-state index contributed by atoms with van der Waals surface area (Å²) in [5.41, 5.74) is 3.11. The Bertz CT molecular complexity index is 1010. The third-order valence-electron chi connectivity index (χ3n) is 6.77. The van der Waals surface area contributed by atoms with Gasteiger partial charge < -0.3 is 19.8 Å². The molecule has 2 aromatic rings. The number of nitrogens with zero attached hydrogens (tertiary/aromatic N) is 4. The number of carbonyl (C=O) groups excluding carboxylic acids is 2. The molecule has 1 atom stereocenters. The minimum absolute atomic E-state index is 0.108. The predicted molar refractivity (Wildman–Crippen MR) is 130 cm³/mol. The van der Waals surface area contributed by atoms with Gasteiger partial charge in [-0.15, -0.1) is 0 Å². The highest BCUT2D eigenvalue weighted by molar-refractivity contribution is 5.83. The molecule has 4 rings (SSSR count). The lowest BCUT2D eigenvalue weighted by atomic mass is 10.0. The fourth-order valence-electron chi connectivity index (χ4n) is 4.96. The Morgan fingerprint density at radius 1 is 1.24 bits per heavy atom. The molecule has 2 saturated heterocycles. The smallest absolute Gasteiger partial charge is 0.222 e. The first kappa shape index (κ1) is 23.5. The molecule has 2 aliphatic rings. The van der Waals surface area contributed by atoms with Crippen LogP contribution in [0.4, 0.5) is 5.82 Å². The quantitative estimate of drug-likeness (QED) is 0.665. The zero-order valence-electron chi connectivity index (χ0n) is 19.9. The molecule has 7 nitrogen and oxygen atoms in total. The van der Waals surface area contributed by atoms with Gasteiger partial charge in [-0.25, -0.2) is 4.98 Å². The first-order valence-electron chi connectivity index (χ1n) is 12.3. The summed E-state index contributed by atoms with van der Waals surface area (Å²) in [6.45, 7) is 8.00. The second-order valence-corrected chi connectivity index (χ2v) is 9.42. The Labute approximate surface area is 196 Å². The number of likely N-dealkylation sites (tertiary alicyclic amines) is 1. The molecule has 1 aromatic heterocycles. The molecular weight excluding hydrogens is 416 g/mol. The average Bonchev–Trinajstić information content (AvgIpc) is 3.22. The van der Waals surface area contributed by atoms with Gasteiger partial charge in [-0.2, -0.15) is 0 Å². The fourth-order valence-corrected chi connectivity index (χ4v) is 4.96. The van der Waals surface area contributed by atoms with Crippen molar-refractivity contribution in [2.75, 3.05) is 37.6 Å². The van der Waals surface area contributed by atoms with E-state index in [9.17, 15) is 14.7 Å². The number of fused-ring (bicyclic) bond motifs is 1. The van der Waals surface area contributed by atoms with Gasteiger partial charge in [0.2, 0.25) is 11.8 Å². The lowest BCUT2D eigenvalue weighted by molar-refractivity contribution is -0.131. The number of hydrogen-bond acceptors (Lipinski definition) is 5. The van der Waals surface area contributed by atoms with Crippen LogP contribution in [0.3, 0.4) is 0 Å². The molecule has 1 aromatic carbocycles. The summed E-state index contributed by atoms with van der Waals surface area (Å²) >= 11 is 0. The van der Waals surface area contributed by atoms with Gasteiger partial charge >= 0.3 is 0 Å². The SMILES string of the molecule is CCC(=O)N(CCCN1CCCC1=O)Cc1cc2ccc(C)cc2nc1N1CCCC(O)C1. The number of rotatable bonds is 8. The summed E-state index contributed by atoms with van der Waals surface area (Å²) in [6, 6.07) is 8.41. The van der Waals surface area contributed by atoms with E-state index in [-0.39, 0.29) is 17.9 Å². The predicted octanol–water partition coefficient (Wildman–Crippen LogP) is 3.26. The van der Waals surface area contributed by atoms with Gasteiger partial charge in [-0.05, 0) is 50.3 Å². The summed E-state index contributed by atoms with van der Waals surface area (Å²) in [7, 11) is 0. The van der Waals surface area contributed by atoms with Crippen LogP contribution in [0.1, 0.15) is 56.6 Å². The van der Waals surface area contributed by atoms with Crippen molar-refractivity contribution in [3.05, 3.63) is 35.4 Å². The number of piperidine rings is 1. The van der Waals surface area contributed by atoms with Crippen LogP contribution in [0, 0.1) is 6.92 Å². The van der Waals surface area contributed by atoms with Gasteiger partial charge in [-0.3, -0.25) is 9.59 Å². The van der Waals surface area contributed by atoms with Crippen molar-refractivity contribution in [2.45, 2.75) is 65.0 Å². The standard InChI is InChI=1S/C26H36N4O3/c1-3-24(32)29(14-6-13-28-11-5-8-25(28)33)17-21-16-20-10-9-19(2)15-23(20)27-26(21)30-12-4-7-22(31)18-30/h9-10,15-16,22,31H,3-8,11-14,17-18H2,1-2H3. The molecule has 33 heavy (non-hydrogen) atoms. The highest BCUT2D eigenvalue weighted by Gasteiger charge is 2.24. The van der Waals surface area contributed by atoms with Crippen LogP contribution in [-0.4, -0.2) is 70.5 Å². The largest absolute Gasteiger partial charge is 0.391 e. The lowest BCUT2D eigenvalue weighted by Crippen LogP contribution is -2.40. The zero-order valence-corrected chi connectivity index (χ0v) is 19.9. The normalized spacial score (nSPS) is 18.9. The average molecular weight is 453 g/mol. The van der Waals surface area contributed by atoms with E-state index in [2.05, 4.69) is 36.1 Å². The Hall–Kier alpha value is -2.67. The van der Waals surface area contributed by atoms with Crippen molar-refractivity contribution in [1.29, 1.82) is 0 Å². The van der Waals surface area contributed by atoms with E-state index in [0.29, 0.717) is 39.0 Å². The van der Waals surface area contributed by atoms with E-state index in [1.807, 2.05) is 16.7 Å². The first-order valence-corrected chi connectivity index (χ1v) is 12.3. The molecule has 7 heteroatoms. The molecular formula is C26H36N4O3. The van der Waals surface area contributed by atoms with Crippen LogP contribution in [0.25, 0.3) is 10.9 Å². The second-order valence-electron chi connectivity index (χ2n) is 9.42. The van der Waals surface area contributed by atoms with Gasteiger partial charge in [0.05, 0.1) is 11.6 Å². The number of anilines is 1. The molecule has 1 unspecified atom stereocenters. The third-order valence-corrected chi connectivity index (χ3v) is 6.77. The van der Waals surface area contributed by atoms with Gasteiger partial charge in [0.25, 0.3) is 0 Å². The fraction of sp³-hybridized carbons (Fsp3) is 0.577. The minimum atomic E-state index is -0.354. The molecule has 0 aliphatic carbocycles. The maximum atomic E-state index is 12.8. The summed E-state index contributed by atoms with van der Waals surface area (Å²) in [5, 5.41) is 11.3. The van der Waals surface area contributed by atoms with Crippen molar-refractivity contribution in [2.24, 2.45) is 0 Å². The van der Waals surface area contributed by atoms with E-state index < -0.39 is 0 Å². The van der Waals surface area contributed by atoms with Gasteiger partial charge in [0.15, 0.2) is 0 Å². The lowest BCUT2D eigenvalue weighted by Gasteiger charge is -2.33.